The van der Waals surface area contributed by atoms with Gasteiger partial charge in [0.2, 0.25) is 0 Å². The zero-order chi connectivity index (χ0) is 19.7. The van der Waals surface area contributed by atoms with E-state index < -0.39 is 10.8 Å². The Morgan fingerprint density at radius 3 is 2.61 bits per heavy atom. The molecule has 0 aromatic heterocycles. The third kappa shape index (κ3) is 3.49. The van der Waals surface area contributed by atoms with Crippen LogP contribution < -0.4 is 20.1 Å². The van der Waals surface area contributed by atoms with E-state index >= 15 is 0 Å². The topological polar surface area (TPSA) is 83.4 Å². The van der Waals surface area contributed by atoms with Gasteiger partial charge in [0.25, 0.3) is 5.91 Å². The van der Waals surface area contributed by atoms with Gasteiger partial charge in [0.15, 0.2) is 16.4 Å². The number of halogens is 1. The summed E-state index contributed by atoms with van der Waals surface area (Å²) in [5.41, 5.74) is 1.55. The molecular weight excluding hydrogens is 381 g/mol. The Hall–Kier alpha value is -3.18. The number of benzene rings is 2. The van der Waals surface area contributed by atoms with E-state index in [1.165, 1.54) is 36.0 Å². The first kappa shape index (κ1) is 18.2. The van der Waals surface area contributed by atoms with Crippen LogP contribution in [0.5, 0.6) is 11.5 Å². The van der Waals surface area contributed by atoms with Crippen LogP contribution in [0.4, 0.5) is 10.1 Å². The van der Waals surface area contributed by atoms with Gasteiger partial charge in [0.1, 0.15) is 30.7 Å². The maximum absolute atomic E-state index is 13.2. The molecule has 1 atom stereocenters. The zero-order valence-corrected chi connectivity index (χ0v) is 15.7. The Bertz CT molecular complexity index is 1020. The van der Waals surface area contributed by atoms with Gasteiger partial charge in [0, 0.05) is 5.69 Å². The number of fused-ring (bicyclic) bond motifs is 1. The summed E-state index contributed by atoms with van der Waals surface area (Å²) in [6, 6.07) is 13.2. The first-order chi connectivity index (χ1) is 13.5. The molecule has 2 aromatic rings. The first-order valence-corrected chi connectivity index (χ1v) is 9.34. The molecule has 2 aromatic carbocycles. The van der Waals surface area contributed by atoms with Gasteiger partial charge in [0.05, 0.1) is 5.03 Å². The number of carbonyl (C=O) groups is 1. The zero-order valence-electron chi connectivity index (χ0n) is 14.9. The van der Waals surface area contributed by atoms with Gasteiger partial charge in [-0.15, -0.1) is 0 Å². The van der Waals surface area contributed by atoms with Gasteiger partial charge in [-0.25, -0.2) is 4.39 Å². The highest BCUT2D eigenvalue weighted by Crippen LogP contribution is 2.41. The van der Waals surface area contributed by atoms with Gasteiger partial charge in [-0.2, -0.15) is 5.26 Å². The largest absolute Gasteiger partial charge is 0.486 e. The number of nitrogens with one attached hydrogen (secondary N) is 2. The van der Waals surface area contributed by atoms with Crippen molar-refractivity contribution in [3.8, 4) is 17.6 Å². The van der Waals surface area contributed by atoms with Gasteiger partial charge in [-0.3, -0.25) is 4.79 Å². The van der Waals surface area contributed by atoms with Crippen LogP contribution in [-0.2, 0) is 4.79 Å². The highest BCUT2D eigenvalue weighted by atomic mass is 32.2. The lowest BCUT2D eigenvalue weighted by Gasteiger charge is -2.35. The summed E-state index contributed by atoms with van der Waals surface area (Å²) < 4.78 is 25.0. The van der Waals surface area contributed by atoms with Crippen LogP contribution in [0.3, 0.4) is 0 Å². The summed E-state index contributed by atoms with van der Waals surface area (Å²) in [6.45, 7) is 2.27. The second-order valence-corrected chi connectivity index (χ2v) is 7.92. The summed E-state index contributed by atoms with van der Waals surface area (Å²) in [5.74, 6) is 0.319. The molecule has 2 aliphatic heterocycles. The normalized spacial score (nSPS) is 21.0. The van der Waals surface area contributed by atoms with Crippen molar-refractivity contribution < 1.29 is 18.7 Å². The summed E-state index contributed by atoms with van der Waals surface area (Å²) in [5, 5.41) is 15.7. The summed E-state index contributed by atoms with van der Waals surface area (Å²) in [6.07, 6.45) is 0. The van der Waals surface area contributed by atoms with Crippen LogP contribution in [0.15, 0.2) is 53.1 Å². The molecule has 6 nitrogen and oxygen atoms in total. The minimum Gasteiger partial charge on any atom is -0.486 e. The third-order valence-corrected chi connectivity index (χ3v) is 5.57. The van der Waals surface area contributed by atoms with E-state index in [4.69, 9.17) is 9.47 Å². The summed E-state index contributed by atoms with van der Waals surface area (Å²) >= 11 is 1.25. The molecule has 0 bridgehead atoms. The fourth-order valence-corrected chi connectivity index (χ4v) is 4.09. The van der Waals surface area contributed by atoms with Gasteiger partial charge in [-0.1, -0.05) is 17.8 Å². The standard InChI is InChI=1S/C20H16FN3O3S/c1-12-2-7-16-17(8-12)27-11-20(10-26-16)24-18(25)15(9-22)19(28-20)23-14-5-3-13(21)4-6-14/h2-8,23H,10-11H2,1H3,(H,24,25). The second kappa shape index (κ2) is 7.09. The van der Waals surface area contributed by atoms with Crippen molar-refractivity contribution in [2.45, 2.75) is 11.8 Å². The van der Waals surface area contributed by atoms with Crippen LogP contribution in [0.25, 0.3) is 0 Å². The van der Waals surface area contributed by atoms with Crippen LogP contribution in [0, 0.1) is 24.1 Å². The smallest absolute Gasteiger partial charge is 0.265 e. The highest BCUT2D eigenvalue weighted by Gasteiger charge is 2.44. The van der Waals surface area contributed by atoms with Crippen LogP contribution in [0.1, 0.15) is 5.56 Å². The molecule has 0 saturated heterocycles. The Morgan fingerprint density at radius 2 is 1.89 bits per heavy atom. The lowest BCUT2D eigenvalue weighted by Crippen LogP contribution is -2.56. The molecule has 28 heavy (non-hydrogen) atoms. The number of aryl methyl sites for hydroxylation is 1. The predicted molar refractivity (Wildman–Crippen MR) is 103 cm³/mol. The predicted octanol–water partition coefficient (Wildman–Crippen LogP) is 3.31. The number of amides is 1. The van der Waals surface area contributed by atoms with Crippen LogP contribution in [-0.4, -0.2) is 24.0 Å². The van der Waals surface area contributed by atoms with Crippen LogP contribution >= 0.6 is 11.8 Å². The molecule has 0 fully saturated rings. The first-order valence-electron chi connectivity index (χ1n) is 8.53. The number of hydrogen-bond donors (Lipinski definition) is 2. The molecule has 1 unspecified atom stereocenters. The second-order valence-electron chi connectivity index (χ2n) is 6.53. The summed E-state index contributed by atoms with van der Waals surface area (Å²) in [4.78, 5) is 11.7. The van der Waals surface area contributed by atoms with Crippen molar-refractivity contribution >= 4 is 23.4 Å². The number of nitrogens with zero attached hydrogens (tertiary/aromatic N) is 1. The average Bonchev–Trinajstić information content (AvgIpc) is 2.83. The Kier molecular flexibility index (Phi) is 4.61. The fourth-order valence-electron chi connectivity index (χ4n) is 2.91. The van der Waals surface area contributed by atoms with E-state index in [0.717, 1.165) is 5.56 Å². The van der Waals surface area contributed by atoms with E-state index in [1.807, 2.05) is 31.2 Å². The SMILES string of the molecule is Cc1ccc2c(c1)OCC1(CO2)NC(=O)C(C#N)=C(Nc2ccc(F)cc2)S1. The molecule has 2 aliphatic rings. The van der Waals surface area contributed by atoms with Crippen LogP contribution in [0.2, 0.25) is 0 Å². The number of rotatable bonds is 2. The molecule has 1 spiro atoms. The minimum atomic E-state index is -0.910. The lowest BCUT2D eigenvalue weighted by atomic mass is 10.2. The van der Waals surface area contributed by atoms with Crippen molar-refractivity contribution in [2.24, 2.45) is 0 Å². The van der Waals surface area contributed by atoms with E-state index in [1.54, 1.807) is 0 Å². The number of carbonyl (C=O) groups excluding carboxylic acids is 1. The Morgan fingerprint density at radius 1 is 1.18 bits per heavy atom. The van der Waals surface area contributed by atoms with E-state index in [-0.39, 0.29) is 24.6 Å². The number of ether oxygens (including phenoxy) is 2. The van der Waals surface area contributed by atoms with E-state index in [9.17, 15) is 14.4 Å². The maximum Gasteiger partial charge on any atom is 0.265 e. The number of anilines is 1. The molecule has 8 heteroatoms. The molecule has 0 saturated carbocycles. The number of nitriles is 1. The van der Waals surface area contributed by atoms with E-state index in [0.29, 0.717) is 22.2 Å². The number of hydrogen-bond acceptors (Lipinski definition) is 6. The molecule has 2 heterocycles. The third-order valence-electron chi connectivity index (χ3n) is 4.33. The molecule has 4 rings (SSSR count). The van der Waals surface area contributed by atoms with Crippen molar-refractivity contribution in [3.63, 3.8) is 0 Å². The molecule has 1 amide bonds. The Balaban J connectivity index is 1.62. The quantitative estimate of drug-likeness (QED) is 0.809. The fraction of sp³-hybridized carbons (Fsp3) is 0.200. The van der Waals surface area contributed by atoms with Crippen molar-refractivity contribution in [3.05, 3.63) is 64.4 Å². The Labute approximate surface area is 165 Å². The monoisotopic (exact) mass is 397 g/mol. The highest BCUT2D eigenvalue weighted by molar-refractivity contribution is 8.04. The van der Waals surface area contributed by atoms with Crippen molar-refractivity contribution in [1.29, 1.82) is 5.26 Å². The number of thioether (sulfide) groups is 1. The maximum atomic E-state index is 13.2. The average molecular weight is 397 g/mol. The van der Waals surface area contributed by atoms with Crippen molar-refractivity contribution in [1.82, 2.24) is 5.32 Å². The molecular formula is C20H16FN3O3S. The van der Waals surface area contributed by atoms with Gasteiger partial charge in [-0.05, 0) is 48.9 Å². The van der Waals surface area contributed by atoms with Gasteiger partial charge >= 0.3 is 0 Å². The molecule has 2 N–H and O–H groups in total. The molecule has 0 radical (unpaired) electrons. The molecule has 142 valence electrons. The lowest BCUT2D eigenvalue weighted by molar-refractivity contribution is -0.118. The van der Waals surface area contributed by atoms with Gasteiger partial charge < -0.3 is 20.1 Å². The van der Waals surface area contributed by atoms with E-state index in [2.05, 4.69) is 10.6 Å². The molecule has 0 aliphatic carbocycles. The minimum absolute atomic E-state index is 0.0439. The van der Waals surface area contributed by atoms with Crippen molar-refractivity contribution in [2.75, 3.05) is 18.5 Å². The summed E-state index contributed by atoms with van der Waals surface area (Å²) in [7, 11) is 0.